The Hall–Kier alpha value is -4.17. The molecule has 3 aromatic rings. The molecule has 0 aliphatic heterocycles. The van der Waals surface area contributed by atoms with E-state index in [2.05, 4.69) is 0 Å². The Bertz CT molecular complexity index is 1580. The summed E-state index contributed by atoms with van der Waals surface area (Å²) in [7, 11) is 0. The molecule has 3 aromatic carbocycles. The minimum absolute atomic E-state index is 0.0244. The van der Waals surface area contributed by atoms with E-state index >= 15 is 4.39 Å². The van der Waals surface area contributed by atoms with E-state index in [0.717, 1.165) is 35.4 Å². The van der Waals surface area contributed by atoms with Gasteiger partial charge in [0.1, 0.15) is 0 Å². The van der Waals surface area contributed by atoms with Crippen LogP contribution >= 0.6 is 0 Å². The van der Waals surface area contributed by atoms with Gasteiger partial charge in [0.2, 0.25) is 0 Å². The second-order valence-electron chi connectivity index (χ2n) is 10.2. The quantitative estimate of drug-likeness (QED) is 0.251. The van der Waals surface area contributed by atoms with Crippen LogP contribution in [0.5, 0.6) is 0 Å². The second-order valence-corrected chi connectivity index (χ2v) is 10.2. The molecule has 1 aliphatic rings. The number of carbonyl (C=O) groups is 2. The highest BCUT2D eigenvalue weighted by Crippen LogP contribution is 2.52. The number of carbonyl (C=O) groups excluding carboxylic acids is 2. The van der Waals surface area contributed by atoms with Crippen molar-refractivity contribution in [2.24, 2.45) is 5.92 Å². The van der Waals surface area contributed by atoms with Crippen molar-refractivity contribution < 1.29 is 57.9 Å². The summed E-state index contributed by atoms with van der Waals surface area (Å²) in [6.07, 6.45) is -11.0. The van der Waals surface area contributed by atoms with Crippen molar-refractivity contribution >= 4 is 23.2 Å². The third-order valence-corrected chi connectivity index (χ3v) is 6.85. The van der Waals surface area contributed by atoms with Crippen LogP contribution in [-0.2, 0) is 12.1 Å². The number of hydrogen-bond donors (Lipinski definition) is 1. The van der Waals surface area contributed by atoms with Crippen molar-refractivity contribution in [1.29, 1.82) is 0 Å². The number of halogens is 11. The van der Waals surface area contributed by atoms with Crippen LogP contribution in [0.15, 0.2) is 60.7 Å². The van der Waals surface area contributed by atoms with Crippen molar-refractivity contribution in [3.05, 3.63) is 94.3 Å². The average Bonchev–Trinajstić information content (AvgIpc) is 3.74. The summed E-state index contributed by atoms with van der Waals surface area (Å²) in [6, 6.07) is 8.78. The van der Waals surface area contributed by atoms with E-state index < -0.39 is 70.3 Å². The Morgan fingerprint density at radius 2 is 1.50 bits per heavy atom. The van der Waals surface area contributed by atoms with Gasteiger partial charge in [-0.2, -0.15) is 43.9 Å². The minimum atomic E-state index is -6.81. The summed E-state index contributed by atoms with van der Waals surface area (Å²) in [5, 5.41) is 1.65. The number of alkyl halides is 10. The molecule has 1 N–H and O–H groups in total. The van der Waals surface area contributed by atoms with E-state index in [4.69, 9.17) is 0 Å². The molecule has 0 unspecified atom stereocenters. The van der Waals surface area contributed by atoms with Gasteiger partial charge >= 0.3 is 24.2 Å². The summed E-state index contributed by atoms with van der Waals surface area (Å²) >= 11 is 0. The van der Waals surface area contributed by atoms with E-state index in [1.165, 1.54) is 12.1 Å². The van der Waals surface area contributed by atoms with Gasteiger partial charge in [-0.05, 0) is 62.1 Å². The first kappa shape index (κ1) is 32.7. The Kier molecular flexibility index (Phi) is 8.48. The third kappa shape index (κ3) is 6.36. The molecule has 15 heteroatoms. The molecule has 2 amide bonds. The highest BCUT2D eigenvalue weighted by atomic mass is 19.4. The minimum Gasteiger partial charge on any atom is -0.321 e. The maximum Gasteiger partial charge on any atom is 0.460 e. The number of nitrogens with one attached hydrogen (secondary N) is 1. The zero-order valence-corrected chi connectivity index (χ0v) is 22.4. The Morgan fingerprint density at radius 1 is 0.864 bits per heavy atom. The fraction of sp³-hybridized carbons (Fsp3) is 0.310. The first-order valence-corrected chi connectivity index (χ1v) is 12.8. The lowest BCUT2D eigenvalue weighted by Crippen LogP contribution is -2.50. The van der Waals surface area contributed by atoms with Crippen LogP contribution in [0.3, 0.4) is 0 Å². The van der Waals surface area contributed by atoms with Crippen LogP contribution in [0.2, 0.25) is 0 Å². The first-order valence-electron chi connectivity index (χ1n) is 12.8. The fourth-order valence-electron chi connectivity index (χ4n) is 4.32. The monoisotopic (exact) mass is 638 g/mol. The topological polar surface area (TPSA) is 49.4 Å². The molecule has 0 heterocycles. The van der Waals surface area contributed by atoms with Crippen LogP contribution in [0.1, 0.15) is 50.2 Å². The molecule has 1 saturated carbocycles. The smallest absolute Gasteiger partial charge is 0.321 e. The summed E-state index contributed by atoms with van der Waals surface area (Å²) < 4.78 is 150. The lowest BCUT2D eigenvalue weighted by atomic mass is 9.98. The molecule has 4 rings (SSSR count). The molecule has 1 aliphatic carbocycles. The van der Waals surface area contributed by atoms with Gasteiger partial charge < -0.3 is 10.2 Å². The number of benzene rings is 3. The third-order valence-electron chi connectivity index (χ3n) is 6.85. The van der Waals surface area contributed by atoms with Gasteiger partial charge in [-0.1, -0.05) is 29.8 Å². The maximum atomic E-state index is 15.7. The van der Waals surface area contributed by atoms with Crippen LogP contribution in [-0.4, -0.2) is 30.5 Å². The van der Waals surface area contributed by atoms with Gasteiger partial charge in [0.15, 0.2) is 5.82 Å². The first-order chi connectivity index (χ1) is 20.3. The van der Waals surface area contributed by atoms with E-state index in [1.807, 2.05) is 0 Å². The van der Waals surface area contributed by atoms with Crippen LogP contribution in [0.4, 0.5) is 59.7 Å². The van der Waals surface area contributed by atoms with E-state index in [1.54, 1.807) is 30.4 Å². The van der Waals surface area contributed by atoms with E-state index in [-0.39, 0.29) is 35.8 Å². The molecule has 0 radical (unpaired) electrons. The van der Waals surface area contributed by atoms with Gasteiger partial charge in [0.25, 0.3) is 11.8 Å². The molecule has 4 nitrogen and oxygen atoms in total. The van der Waals surface area contributed by atoms with E-state index in [0.29, 0.717) is 0 Å². The van der Waals surface area contributed by atoms with Crippen molar-refractivity contribution in [2.75, 3.05) is 16.8 Å². The number of anilines is 2. The largest absolute Gasteiger partial charge is 0.460 e. The highest BCUT2D eigenvalue weighted by Gasteiger charge is 2.73. The summed E-state index contributed by atoms with van der Waals surface area (Å²) in [5.41, 5.74) is -6.17. The van der Waals surface area contributed by atoms with Gasteiger partial charge in [-0.3, -0.25) is 9.59 Å². The Morgan fingerprint density at radius 3 is 2.07 bits per heavy atom. The Balaban J connectivity index is 1.70. The molecule has 44 heavy (non-hydrogen) atoms. The number of hydrogen-bond acceptors (Lipinski definition) is 2. The number of amides is 2. The van der Waals surface area contributed by atoms with Gasteiger partial charge in [0, 0.05) is 17.7 Å². The predicted molar refractivity (Wildman–Crippen MR) is 136 cm³/mol. The van der Waals surface area contributed by atoms with Crippen LogP contribution in [0, 0.1) is 18.7 Å². The number of rotatable bonds is 8. The van der Waals surface area contributed by atoms with Crippen molar-refractivity contribution in [3.63, 3.8) is 0 Å². The summed E-state index contributed by atoms with van der Waals surface area (Å²) in [6.45, 7) is 1.78. The molecular formula is C29H21F11N2O2. The summed E-state index contributed by atoms with van der Waals surface area (Å²) in [4.78, 5) is 27.4. The fourth-order valence-corrected chi connectivity index (χ4v) is 4.32. The molecule has 0 aromatic heterocycles. The van der Waals surface area contributed by atoms with Crippen LogP contribution < -0.4 is 10.2 Å². The van der Waals surface area contributed by atoms with Crippen molar-refractivity contribution in [1.82, 2.24) is 0 Å². The van der Waals surface area contributed by atoms with Crippen molar-refractivity contribution in [2.45, 2.75) is 44.0 Å². The zero-order chi connectivity index (χ0) is 32.8. The molecule has 236 valence electrons. The zero-order valence-electron chi connectivity index (χ0n) is 22.4. The SMILES string of the molecule is Cc1cccc(C(=O)N(CC2CC2)c2cccc(C(=O)Nc3ccc(C(F)(F)C(F)(F)C(F)(F)F)cc3C(F)(F)F)c2F)c1. The second kappa shape index (κ2) is 11.4. The average molecular weight is 638 g/mol. The van der Waals surface area contributed by atoms with Gasteiger partial charge in [0.05, 0.1) is 22.5 Å². The molecule has 0 atom stereocenters. The van der Waals surface area contributed by atoms with Gasteiger partial charge in [-0.15, -0.1) is 0 Å². The molecule has 0 spiro atoms. The molecule has 0 saturated heterocycles. The van der Waals surface area contributed by atoms with Gasteiger partial charge in [-0.25, -0.2) is 4.39 Å². The maximum absolute atomic E-state index is 15.7. The number of aryl methyl sites for hydroxylation is 1. The van der Waals surface area contributed by atoms with E-state index in [9.17, 15) is 53.5 Å². The number of nitrogens with zero attached hydrogens (tertiary/aromatic N) is 1. The lowest BCUT2D eigenvalue weighted by Gasteiger charge is -2.29. The summed E-state index contributed by atoms with van der Waals surface area (Å²) in [5.74, 6) is -16.3. The molecular weight excluding hydrogens is 617 g/mol. The predicted octanol–water partition coefficient (Wildman–Crippen LogP) is 8.75. The lowest BCUT2D eigenvalue weighted by molar-refractivity contribution is -0.359. The normalized spacial score (nSPS) is 14.4. The molecule has 1 fully saturated rings. The van der Waals surface area contributed by atoms with Crippen molar-refractivity contribution in [3.8, 4) is 0 Å². The van der Waals surface area contributed by atoms with Crippen LogP contribution in [0.25, 0.3) is 0 Å². The standard InChI is InChI=1S/C29H21F11N2O2/c1-15-4-2-5-17(12-15)25(44)42(14-16-8-9-16)22-7-3-6-19(23(22)30)24(43)41-21-11-10-18(13-20(21)27(33,34)35)26(31,32)28(36,37)29(38,39)40/h2-7,10-13,16H,8-9,14H2,1H3,(H,41,43). The Labute approximate surface area is 242 Å². The highest BCUT2D eigenvalue weighted by molar-refractivity contribution is 6.09. The molecule has 0 bridgehead atoms.